The Balaban J connectivity index is 1.69. The Morgan fingerprint density at radius 1 is 1.39 bits per heavy atom. The standard InChI is InChI=1S/C15H10N2O5S/c1-9-16-12-8-10(2-5-13(12)21-9)22-15(18)7-4-11-3-6-14(23-11)17(19)20/h2-8H,1H3/b7-4+. The smallest absolute Gasteiger partial charge is 0.336 e. The van der Waals surface area contributed by atoms with Crippen molar-refractivity contribution < 1.29 is 18.9 Å². The number of ether oxygens (including phenoxy) is 1. The summed E-state index contributed by atoms with van der Waals surface area (Å²) in [7, 11) is 0. The Morgan fingerprint density at radius 2 is 2.22 bits per heavy atom. The number of hydrogen-bond acceptors (Lipinski definition) is 7. The van der Waals surface area contributed by atoms with Crippen LogP contribution in [0.3, 0.4) is 0 Å². The lowest BCUT2D eigenvalue weighted by molar-refractivity contribution is -0.380. The minimum absolute atomic E-state index is 0.0184. The summed E-state index contributed by atoms with van der Waals surface area (Å²) in [5.41, 5.74) is 1.22. The average molecular weight is 330 g/mol. The highest BCUT2D eigenvalue weighted by Crippen LogP contribution is 2.25. The second-order valence-corrected chi connectivity index (χ2v) is 5.64. The first-order valence-electron chi connectivity index (χ1n) is 6.52. The summed E-state index contributed by atoms with van der Waals surface area (Å²) >= 11 is 0.978. The van der Waals surface area contributed by atoms with Gasteiger partial charge in [-0.25, -0.2) is 9.78 Å². The lowest BCUT2D eigenvalue weighted by Gasteiger charge is -1.99. The van der Waals surface area contributed by atoms with Crippen LogP contribution in [0.5, 0.6) is 5.75 Å². The predicted molar refractivity (Wildman–Crippen MR) is 84.4 cm³/mol. The molecule has 1 aromatic carbocycles. The zero-order valence-electron chi connectivity index (χ0n) is 11.9. The monoisotopic (exact) mass is 330 g/mol. The summed E-state index contributed by atoms with van der Waals surface area (Å²) in [5.74, 6) is 0.292. The Labute approximate surface area is 134 Å². The highest BCUT2D eigenvalue weighted by molar-refractivity contribution is 7.16. The molecule has 8 heteroatoms. The van der Waals surface area contributed by atoms with Crippen LogP contribution in [0.15, 0.2) is 40.8 Å². The summed E-state index contributed by atoms with van der Waals surface area (Å²) in [6.07, 6.45) is 2.69. The van der Waals surface area contributed by atoms with Crippen LogP contribution in [0.4, 0.5) is 5.00 Å². The van der Waals surface area contributed by atoms with Gasteiger partial charge in [0.2, 0.25) is 0 Å². The van der Waals surface area contributed by atoms with Crippen LogP contribution >= 0.6 is 11.3 Å². The Kier molecular flexibility index (Phi) is 3.90. The Morgan fingerprint density at radius 3 is 2.96 bits per heavy atom. The normalized spacial score (nSPS) is 11.2. The van der Waals surface area contributed by atoms with Gasteiger partial charge in [0.15, 0.2) is 11.5 Å². The van der Waals surface area contributed by atoms with E-state index in [0.717, 1.165) is 11.3 Å². The number of carbonyl (C=O) groups excluding carboxylic acids is 1. The maximum Gasteiger partial charge on any atom is 0.336 e. The molecule has 0 amide bonds. The van der Waals surface area contributed by atoms with Gasteiger partial charge < -0.3 is 9.15 Å². The molecule has 0 unspecified atom stereocenters. The number of fused-ring (bicyclic) bond motifs is 1. The van der Waals surface area contributed by atoms with Crippen molar-refractivity contribution in [3.05, 3.63) is 57.3 Å². The fourth-order valence-electron chi connectivity index (χ4n) is 1.92. The molecule has 3 rings (SSSR count). The van der Waals surface area contributed by atoms with Gasteiger partial charge in [-0.2, -0.15) is 0 Å². The molecule has 0 saturated heterocycles. The van der Waals surface area contributed by atoms with E-state index in [4.69, 9.17) is 9.15 Å². The van der Waals surface area contributed by atoms with Crippen LogP contribution in [0.25, 0.3) is 17.2 Å². The van der Waals surface area contributed by atoms with Gasteiger partial charge in [-0.3, -0.25) is 10.1 Å². The van der Waals surface area contributed by atoms with Crippen molar-refractivity contribution in [2.24, 2.45) is 0 Å². The Bertz CT molecular complexity index is 925. The molecule has 116 valence electrons. The predicted octanol–water partition coefficient (Wildman–Crippen LogP) is 3.72. The first kappa shape index (κ1) is 14.9. The van der Waals surface area contributed by atoms with Crippen molar-refractivity contribution in [1.82, 2.24) is 4.98 Å². The fraction of sp³-hybridized carbons (Fsp3) is 0.0667. The number of oxazole rings is 1. The van der Waals surface area contributed by atoms with Crippen molar-refractivity contribution in [3.8, 4) is 5.75 Å². The molecule has 0 saturated carbocycles. The van der Waals surface area contributed by atoms with Crippen LogP contribution in [-0.4, -0.2) is 15.9 Å². The molecule has 0 aliphatic rings. The number of carbonyl (C=O) groups is 1. The molecular formula is C15H10N2O5S. The van der Waals surface area contributed by atoms with E-state index in [1.165, 1.54) is 18.2 Å². The van der Waals surface area contributed by atoms with Crippen LogP contribution in [0, 0.1) is 17.0 Å². The maximum atomic E-state index is 11.8. The van der Waals surface area contributed by atoms with Gasteiger partial charge in [0.25, 0.3) is 0 Å². The van der Waals surface area contributed by atoms with Gasteiger partial charge >= 0.3 is 11.0 Å². The van der Waals surface area contributed by atoms with Crippen molar-refractivity contribution in [3.63, 3.8) is 0 Å². The molecule has 0 aliphatic carbocycles. The molecule has 0 N–H and O–H groups in total. The third-order valence-corrected chi connectivity index (χ3v) is 3.86. The molecule has 2 heterocycles. The Hall–Kier alpha value is -3.00. The number of rotatable bonds is 4. The van der Waals surface area contributed by atoms with E-state index in [1.807, 2.05) is 0 Å². The lowest BCUT2D eigenvalue weighted by atomic mass is 10.3. The minimum Gasteiger partial charge on any atom is -0.441 e. The molecule has 0 radical (unpaired) electrons. The minimum atomic E-state index is -0.583. The van der Waals surface area contributed by atoms with Gasteiger partial charge in [0, 0.05) is 30.0 Å². The number of aryl methyl sites for hydroxylation is 1. The highest BCUT2D eigenvalue weighted by atomic mass is 32.1. The number of nitro groups is 1. The number of hydrogen-bond donors (Lipinski definition) is 0. The summed E-state index contributed by atoms with van der Waals surface area (Å²) < 4.78 is 10.5. The van der Waals surface area contributed by atoms with Gasteiger partial charge in [-0.15, -0.1) is 0 Å². The molecule has 23 heavy (non-hydrogen) atoms. The largest absolute Gasteiger partial charge is 0.441 e. The van der Waals surface area contributed by atoms with E-state index in [9.17, 15) is 14.9 Å². The summed E-state index contributed by atoms with van der Waals surface area (Å²) in [6.45, 7) is 1.73. The summed E-state index contributed by atoms with van der Waals surface area (Å²) in [6, 6.07) is 7.83. The van der Waals surface area contributed by atoms with E-state index < -0.39 is 10.9 Å². The summed E-state index contributed by atoms with van der Waals surface area (Å²) in [5, 5.41) is 10.6. The first-order valence-corrected chi connectivity index (χ1v) is 7.34. The quantitative estimate of drug-likeness (QED) is 0.238. The van der Waals surface area contributed by atoms with Gasteiger partial charge in [0.05, 0.1) is 4.92 Å². The third kappa shape index (κ3) is 3.43. The highest BCUT2D eigenvalue weighted by Gasteiger charge is 2.09. The topological polar surface area (TPSA) is 95.5 Å². The van der Waals surface area contributed by atoms with Crippen molar-refractivity contribution >= 4 is 39.5 Å². The second-order valence-electron chi connectivity index (χ2n) is 4.55. The molecular weight excluding hydrogens is 320 g/mol. The van der Waals surface area contributed by atoms with E-state index in [0.29, 0.717) is 27.6 Å². The lowest BCUT2D eigenvalue weighted by Crippen LogP contribution is -2.03. The zero-order chi connectivity index (χ0) is 16.4. The van der Waals surface area contributed by atoms with Crippen LogP contribution in [0.1, 0.15) is 10.8 Å². The molecule has 0 aliphatic heterocycles. The van der Waals surface area contributed by atoms with E-state index in [-0.39, 0.29) is 5.00 Å². The second kappa shape index (κ2) is 6.01. The van der Waals surface area contributed by atoms with Crippen molar-refractivity contribution in [2.45, 2.75) is 6.92 Å². The number of thiophene rings is 1. The number of nitrogens with zero attached hydrogens (tertiary/aromatic N) is 2. The van der Waals surface area contributed by atoms with Crippen LogP contribution in [-0.2, 0) is 4.79 Å². The molecule has 0 bridgehead atoms. The zero-order valence-corrected chi connectivity index (χ0v) is 12.7. The number of benzene rings is 1. The van der Waals surface area contributed by atoms with Gasteiger partial charge in [-0.05, 0) is 24.3 Å². The van der Waals surface area contributed by atoms with E-state index >= 15 is 0 Å². The fourth-order valence-corrected chi connectivity index (χ4v) is 2.64. The van der Waals surface area contributed by atoms with Crippen molar-refractivity contribution in [2.75, 3.05) is 0 Å². The third-order valence-electron chi connectivity index (χ3n) is 2.86. The molecule has 0 spiro atoms. The molecule has 2 aromatic heterocycles. The molecule has 0 atom stereocenters. The SMILES string of the molecule is Cc1nc2cc(OC(=O)/C=C/c3ccc([N+](=O)[O-])s3)ccc2o1. The first-order chi connectivity index (χ1) is 11.0. The van der Waals surface area contributed by atoms with Crippen LogP contribution < -0.4 is 4.74 Å². The van der Waals surface area contributed by atoms with Crippen LogP contribution in [0.2, 0.25) is 0 Å². The maximum absolute atomic E-state index is 11.8. The number of esters is 1. The average Bonchev–Trinajstić information content (AvgIpc) is 3.10. The number of aromatic nitrogens is 1. The van der Waals surface area contributed by atoms with Gasteiger partial charge in [-0.1, -0.05) is 11.3 Å². The van der Waals surface area contributed by atoms with E-state index in [1.54, 1.807) is 31.2 Å². The molecule has 3 aromatic rings. The van der Waals surface area contributed by atoms with Crippen molar-refractivity contribution in [1.29, 1.82) is 0 Å². The van der Waals surface area contributed by atoms with E-state index in [2.05, 4.69) is 4.98 Å². The van der Waals surface area contributed by atoms with Gasteiger partial charge in [0.1, 0.15) is 11.3 Å². The summed E-state index contributed by atoms with van der Waals surface area (Å²) in [4.78, 5) is 26.6. The molecule has 0 fully saturated rings. The molecule has 7 nitrogen and oxygen atoms in total.